The number of hydrogen-bond acceptors (Lipinski definition) is 6. The van der Waals surface area contributed by atoms with Crippen LogP contribution < -0.4 is 11.1 Å². The SMILES string of the molecule is CC(C)(C)OC(=O)CCOCCOCCNC(=O)CCCN. The second-order valence-corrected chi connectivity index (χ2v) is 5.80. The van der Waals surface area contributed by atoms with Gasteiger partial charge in [0.25, 0.3) is 0 Å². The topological polar surface area (TPSA) is 99.9 Å². The van der Waals surface area contributed by atoms with Gasteiger partial charge in [-0.15, -0.1) is 0 Å². The molecule has 0 unspecified atom stereocenters. The molecule has 0 atom stereocenters. The fourth-order valence-corrected chi connectivity index (χ4v) is 1.48. The van der Waals surface area contributed by atoms with E-state index in [-0.39, 0.29) is 18.3 Å². The summed E-state index contributed by atoms with van der Waals surface area (Å²) in [6.45, 7) is 8.05. The van der Waals surface area contributed by atoms with Crippen LogP contribution in [0.15, 0.2) is 0 Å². The molecule has 0 spiro atoms. The quantitative estimate of drug-likeness (QED) is 0.404. The van der Waals surface area contributed by atoms with Gasteiger partial charge in [-0.1, -0.05) is 0 Å². The molecule has 0 aromatic carbocycles. The molecule has 0 rings (SSSR count). The molecule has 0 heterocycles. The van der Waals surface area contributed by atoms with Crippen LogP contribution in [-0.4, -0.2) is 57.0 Å². The minimum Gasteiger partial charge on any atom is -0.460 e. The maximum absolute atomic E-state index is 11.4. The first kappa shape index (κ1) is 20.8. The van der Waals surface area contributed by atoms with Crippen molar-refractivity contribution in [2.75, 3.05) is 39.5 Å². The van der Waals surface area contributed by atoms with Crippen molar-refractivity contribution in [1.82, 2.24) is 5.32 Å². The Bertz CT molecular complexity index is 316. The molecule has 0 radical (unpaired) electrons. The van der Waals surface area contributed by atoms with Crippen LogP contribution in [0.4, 0.5) is 0 Å². The highest BCUT2D eigenvalue weighted by Crippen LogP contribution is 2.07. The molecule has 0 aliphatic carbocycles. The third-order valence-electron chi connectivity index (χ3n) is 2.42. The first-order chi connectivity index (χ1) is 10.3. The highest BCUT2D eigenvalue weighted by atomic mass is 16.6. The van der Waals surface area contributed by atoms with Crippen molar-refractivity contribution >= 4 is 11.9 Å². The Kier molecular flexibility index (Phi) is 11.7. The van der Waals surface area contributed by atoms with Gasteiger partial charge < -0.3 is 25.3 Å². The van der Waals surface area contributed by atoms with Crippen molar-refractivity contribution in [3.05, 3.63) is 0 Å². The zero-order valence-corrected chi connectivity index (χ0v) is 14.0. The molecule has 7 heteroatoms. The maximum atomic E-state index is 11.4. The number of hydrogen-bond donors (Lipinski definition) is 2. The maximum Gasteiger partial charge on any atom is 0.308 e. The summed E-state index contributed by atoms with van der Waals surface area (Å²) >= 11 is 0. The Balaban J connectivity index is 3.30. The van der Waals surface area contributed by atoms with E-state index in [1.165, 1.54) is 0 Å². The third kappa shape index (κ3) is 15.2. The second kappa shape index (κ2) is 12.4. The molecule has 3 N–H and O–H groups in total. The van der Waals surface area contributed by atoms with Crippen LogP contribution in [0.2, 0.25) is 0 Å². The summed E-state index contributed by atoms with van der Waals surface area (Å²) in [5.74, 6) is -0.281. The van der Waals surface area contributed by atoms with Crippen LogP contribution in [0, 0.1) is 0 Å². The summed E-state index contributed by atoms with van der Waals surface area (Å²) in [6.07, 6.45) is 1.37. The molecule has 0 aliphatic heterocycles. The molecule has 130 valence electrons. The normalized spacial score (nSPS) is 11.3. The number of nitrogens with one attached hydrogen (secondary N) is 1. The van der Waals surface area contributed by atoms with Gasteiger partial charge in [-0.3, -0.25) is 9.59 Å². The lowest BCUT2D eigenvalue weighted by Gasteiger charge is -2.19. The number of rotatable bonds is 12. The number of esters is 1. The number of amides is 1. The summed E-state index contributed by atoms with van der Waals surface area (Å²) in [7, 11) is 0. The number of carbonyl (C=O) groups is 2. The highest BCUT2D eigenvalue weighted by Gasteiger charge is 2.15. The number of carbonyl (C=O) groups excluding carboxylic acids is 2. The van der Waals surface area contributed by atoms with Gasteiger partial charge in [-0.25, -0.2) is 0 Å². The van der Waals surface area contributed by atoms with Crippen molar-refractivity contribution in [2.45, 2.75) is 45.6 Å². The van der Waals surface area contributed by atoms with Crippen molar-refractivity contribution < 1.29 is 23.8 Å². The van der Waals surface area contributed by atoms with E-state index in [1.54, 1.807) is 0 Å². The van der Waals surface area contributed by atoms with Crippen molar-refractivity contribution in [2.24, 2.45) is 5.73 Å². The smallest absolute Gasteiger partial charge is 0.308 e. The average Bonchev–Trinajstić information content (AvgIpc) is 2.41. The molecule has 0 fully saturated rings. The first-order valence-electron chi connectivity index (χ1n) is 7.69. The Morgan fingerprint density at radius 2 is 1.64 bits per heavy atom. The summed E-state index contributed by atoms with van der Waals surface area (Å²) in [5.41, 5.74) is 4.85. The standard InChI is InChI=1S/C15H30N2O5/c1-15(2,3)22-14(19)6-9-20-11-12-21-10-8-17-13(18)5-4-7-16/h4-12,16H2,1-3H3,(H,17,18). The van der Waals surface area contributed by atoms with E-state index < -0.39 is 5.60 Å². The molecule has 0 bridgehead atoms. The molecule has 0 saturated carbocycles. The molecule has 0 aromatic rings. The fraction of sp³-hybridized carbons (Fsp3) is 0.867. The van der Waals surface area contributed by atoms with Crippen LogP contribution in [-0.2, 0) is 23.8 Å². The Morgan fingerprint density at radius 3 is 2.23 bits per heavy atom. The van der Waals surface area contributed by atoms with E-state index in [9.17, 15) is 9.59 Å². The van der Waals surface area contributed by atoms with Gasteiger partial charge in [0.1, 0.15) is 5.60 Å². The van der Waals surface area contributed by atoms with Crippen molar-refractivity contribution in [1.29, 1.82) is 0 Å². The van der Waals surface area contributed by atoms with Crippen molar-refractivity contribution in [3.8, 4) is 0 Å². The van der Waals surface area contributed by atoms with E-state index in [0.29, 0.717) is 52.4 Å². The fourth-order valence-electron chi connectivity index (χ4n) is 1.48. The van der Waals surface area contributed by atoms with E-state index in [0.717, 1.165) is 0 Å². The van der Waals surface area contributed by atoms with Crippen LogP contribution >= 0.6 is 0 Å². The van der Waals surface area contributed by atoms with Gasteiger partial charge in [0.05, 0.1) is 32.8 Å². The van der Waals surface area contributed by atoms with E-state index in [4.69, 9.17) is 19.9 Å². The Labute approximate surface area is 132 Å². The van der Waals surface area contributed by atoms with Gasteiger partial charge in [0, 0.05) is 13.0 Å². The van der Waals surface area contributed by atoms with Crippen LogP contribution in [0.5, 0.6) is 0 Å². The lowest BCUT2D eigenvalue weighted by Crippen LogP contribution is -2.28. The minimum atomic E-state index is -0.464. The van der Waals surface area contributed by atoms with Crippen molar-refractivity contribution in [3.63, 3.8) is 0 Å². The molecular formula is C15H30N2O5. The van der Waals surface area contributed by atoms with E-state index in [2.05, 4.69) is 5.32 Å². The molecule has 0 aromatic heterocycles. The predicted molar refractivity (Wildman–Crippen MR) is 83.4 cm³/mol. The summed E-state index contributed by atoms with van der Waals surface area (Å²) < 4.78 is 15.7. The van der Waals surface area contributed by atoms with Gasteiger partial charge in [0.15, 0.2) is 0 Å². The largest absolute Gasteiger partial charge is 0.460 e. The monoisotopic (exact) mass is 318 g/mol. The molecule has 1 amide bonds. The summed E-state index contributed by atoms with van der Waals surface area (Å²) in [6, 6.07) is 0. The Hall–Kier alpha value is -1.18. The van der Waals surface area contributed by atoms with E-state index >= 15 is 0 Å². The van der Waals surface area contributed by atoms with Gasteiger partial charge >= 0.3 is 5.97 Å². The van der Waals surface area contributed by atoms with E-state index in [1.807, 2.05) is 20.8 Å². The third-order valence-corrected chi connectivity index (χ3v) is 2.42. The van der Waals surface area contributed by atoms with Crippen LogP contribution in [0.25, 0.3) is 0 Å². The zero-order valence-electron chi connectivity index (χ0n) is 14.0. The van der Waals surface area contributed by atoms with Crippen LogP contribution in [0.3, 0.4) is 0 Å². The average molecular weight is 318 g/mol. The molecule has 0 saturated heterocycles. The van der Waals surface area contributed by atoms with Crippen LogP contribution in [0.1, 0.15) is 40.0 Å². The summed E-state index contributed by atoms with van der Waals surface area (Å²) in [4.78, 5) is 22.6. The number of nitrogens with two attached hydrogens (primary N) is 1. The first-order valence-corrected chi connectivity index (χ1v) is 7.69. The molecule has 0 aliphatic rings. The molecule has 7 nitrogen and oxygen atoms in total. The number of ether oxygens (including phenoxy) is 3. The van der Waals surface area contributed by atoms with Gasteiger partial charge in [-0.05, 0) is 33.7 Å². The second-order valence-electron chi connectivity index (χ2n) is 5.80. The lowest BCUT2D eigenvalue weighted by molar-refractivity contribution is -0.156. The Morgan fingerprint density at radius 1 is 1.00 bits per heavy atom. The van der Waals surface area contributed by atoms with Gasteiger partial charge in [0.2, 0.25) is 5.91 Å². The summed E-state index contributed by atoms with van der Waals surface area (Å²) in [5, 5.41) is 2.73. The predicted octanol–water partition coefficient (Wildman–Crippen LogP) is 0.607. The highest BCUT2D eigenvalue weighted by molar-refractivity contribution is 5.75. The van der Waals surface area contributed by atoms with Gasteiger partial charge in [-0.2, -0.15) is 0 Å². The minimum absolute atomic E-state index is 0.0114. The zero-order chi connectivity index (χ0) is 16.8. The molecular weight excluding hydrogens is 288 g/mol. The molecule has 22 heavy (non-hydrogen) atoms. The lowest BCUT2D eigenvalue weighted by atomic mass is 10.2.